The summed E-state index contributed by atoms with van der Waals surface area (Å²) in [5.74, 6) is -0.214. The van der Waals surface area contributed by atoms with E-state index in [1.807, 2.05) is 0 Å². The van der Waals surface area contributed by atoms with Crippen LogP contribution >= 0.6 is 0 Å². The minimum absolute atomic E-state index is 0.214. The molecule has 1 aliphatic rings. The van der Waals surface area contributed by atoms with Crippen LogP contribution in [0.25, 0.3) is 0 Å². The van der Waals surface area contributed by atoms with E-state index in [-0.39, 0.29) is 5.92 Å². The Hall–Kier alpha value is -0.590. The van der Waals surface area contributed by atoms with Crippen molar-refractivity contribution in [3.05, 3.63) is 0 Å². The fraction of sp³-hybridized carbons (Fsp3) is 0.875. The Morgan fingerprint density at radius 1 is 1.36 bits per heavy atom. The zero-order valence-electron chi connectivity index (χ0n) is 6.40. The summed E-state index contributed by atoms with van der Waals surface area (Å²) in [6, 6.07) is 1.76. The second-order valence-corrected chi connectivity index (χ2v) is 3.09. The summed E-state index contributed by atoms with van der Waals surface area (Å²) < 4.78 is 0. The maximum Gasteiger partial charge on any atom is 0.145 e. The molecule has 0 amide bonds. The highest BCUT2D eigenvalue weighted by molar-refractivity contribution is 4.92. The molecular weight excluding hydrogens is 142 g/mol. The maximum absolute atomic E-state index is 9.36. The van der Waals surface area contributed by atoms with Crippen LogP contribution in [0.3, 0.4) is 0 Å². The molecule has 0 bridgehead atoms. The van der Waals surface area contributed by atoms with Crippen LogP contribution in [0, 0.1) is 17.2 Å². The fourth-order valence-corrected chi connectivity index (χ4v) is 1.60. The summed E-state index contributed by atoms with van der Waals surface area (Å²) in [5, 5.41) is 26.9. The van der Waals surface area contributed by atoms with Crippen molar-refractivity contribution in [1.29, 1.82) is 5.26 Å². The normalized spacial score (nSPS) is 34.3. The number of nitrogens with zero attached hydrogens (tertiary/aromatic N) is 1. The first kappa shape index (κ1) is 8.51. The van der Waals surface area contributed by atoms with Gasteiger partial charge in [0.05, 0.1) is 12.2 Å². The fourth-order valence-electron chi connectivity index (χ4n) is 1.60. The molecule has 11 heavy (non-hydrogen) atoms. The van der Waals surface area contributed by atoms with E-state index in [2.05, 4.69) is 0 Å². The molecule has 3 heteroatoms. The van der Waals surface area contributed by atoms with Gasteiger partial charge in [0.25, 0.3) is 0 Å². The minimum atomic E-state index is -0.981. The Morgan fingerprint density at radius 2 is 2.00 bits per heavy atom. The lowest BCUT2D eigenvalue weighted by molar-refractivity contribution is 0.0106. The summed E-state index contributed by atoms with van der Waals surface area (Å²) >= 11 is 0. The van der Waals surface area contributed by atoms with E-state index in [9.17, 15) is 5.11 Å². The van der Waals surface area contributed by atoms with Gasteiger partial charge in [-0.3, -0.25) is 0 Å². The summed E-state index contributed by atoms with van der Waals surface area (Å²) in [7, 11) is 0. The molecule has 0 aromatic carbocycles. The molecule has 0 spiro atoms. The molecule has 3 nitrogen and oxygen atoms in total. The molecule has 1 rings (SSSR count). The molecule has 1 fully saturated rings. The summed E-state index contributed by atoms with van der Waals surface area (Å²) in [6.45, 7) is 0. The van der Waals surface area contributed by atoms with Gasteiger partial charge in [-0.25, -0.2) is 0 Å². The number of hydrogen-bond donors (Lipinski definition) is 2. The highest BCUT2D eigenvalue weighted by Gasteiger charge is 2.28. The topological polar surface area (TPSA) is 64.2 Å². The van der Waals surface area contributed by atoms with Crippen molar-refractivity contribution >= 4 is 0 Å². The third-order valence-electron chi connectivity index (χ3n) is 2.32. The minimum Gasteiger partial charge on any atom is -0.393 e. The van der Waals surface area contributed by atoms with Gasteiger partial charge in [-0.2, -0.15) is 5.26 Å². The molecule has 1 aliphatic carbocycles. The SMILES string of the molecule is N#CC(O)C1CCCCC1O. The van der Waals surface area contributed by atoms with Crippen molar-refractivity contribution in [3.63, 3.8) is 0 Å². The number of rotatable bonds is 1. The van der Waals surface area contributed by atoms with Gasteiger partial charge in [0.15, 0.2) is 0 Å². The molecule has 62 valence electrons. The Morgan fingerprint density at radius 3 is 2.55 bits per heavy atom. The molecule has 0 heterocycles. The summed E-state index contributed by atoms with van der Waals surface area (Å²) in [6.07, 6.45) is 2.07. The lowest BCUT2D eigenvalue weighted by atomic mass is 9.83. The van der Waals surface area contributed by atoms with Crippen LogP contribution in [0.4, 0.5) is 0 Å². The van der Waals surface area contributed by atoms with Crippen LogP contribution < -0.4 is 0 Å². The van der Waals surface area contributed by atoms with Gasteiger partial charge in [-0.15, -0.1) is 0 Å². The van der Waals surface area contributed by atoms with E-state index in [4.69, 9.17) is 10.4 Å². The molecule has 3 unspecified atom stereocenters. The monoisotopic (exact) mass is 155 g/mol. The van der Waals surface area contributed by atoms with Crippen molar-refractivity contribution in [2.45, 2.75) is 37.9 Å². The van der Waals surface area contributed by atoms with Gasteiger partial charge in [0.1, 0.15) is 6.10 Å². The second kappa shape index (κ2) is 3.70. The standard InChI is InChI=1S/C8H13NO2/c9-5-8(11)6-3-1-2-4-7(6)10/h6-8,10-11H,1-4H2. The summed E-state index contributed by atoms with van der Waals surface area (Å²) in [5.41, 5.74) is 0. The molecular formula is C8H13NO2. The van der Waals surface area contributed by atoms with Crippen molar-refractivity contribution in [1.82, 2.24) is 0 Å². The van der Waals surface area contributed by atoms with Crippen LogP contribution in [0.15, 0.2) is 0 Å². The number of aliphatic hydroxyl groups excluding tert-OH is 2. The molecule has 1 saturated carbocycles. The lowest BCUT2D eigenvalue weighted by Crippen LogP contribution is -2.33. The Bertz CT molecular complexity index is 164. The van der Waals surface area contributed by atoms with Crippen LogP contribution in [-0.4, -0.2) is 22.4 Å². The summed E-state index contributed by atoms with van der Waals surface area (Å²) in [4.78, 5) is 0. The number of nitriles is 1. The van der Waals surface area contributed by atoms with Gasteiger partial charge in [0, 0.05) is 5.92 Å². The average Bonchev–Trinajstić information content (AvgIpc) is 2.04. The van der Waals surface area contributed by atoms with Gasteiger partial charge in [-0.05, 0) is 12.8 Å². The molecule has 0 aliphatic heterocycles. The Labute approximate surface area is 66.3 Å². The van der Waals surface area contributed by atoms with E-state index >= 15 is 0 Å². The van der Waals surface area contributed by atoms with Gasteiger partial charge < -0.3 is 10.2 Å². The first-order chi connectivity index (χ1) is 5.25. The van der Waals surface area contributed by atoms with Crippen molar-refractivity contribution < 1.29 is 10.2 Å². The first-order valence-corrected chi connectivity index (χ1v) is 4.01. The molecule has 0 radical (unpaired) electrons. The highest BCUT2D eigenvalue weighted by Crippen LogP contribution is 2.26. The third kappa shape index (κ3) is 1.92. The zero-order chi connectivity index (χ0) is 8.27. The van der Waals surface area contributed by atoms with E-state index < -0.39 is 12.2 Å². The highest BCUT2D eigenvalue weighted by atomic mass is 16.3. The van der Waals surface area contributed by atoms with E-state index in [0.29, 0.717) is 0 Å². The van der Waals surface area contributed by atoms with Gasteiger partial charge in [-0.1, -0.05) is 12.8 Å². The van der Waals surface area contributed by atoms with Crippen LogP contribution in [-0.2, 0) is 0 Å². The van der Waals surface area contributed by atoms with Gasteiger partial charge >= 0.3 is 0 Å². The smallest absolute Gasteiger partial charge is 0.145 e. The molecule has 0 aromatic rings. The van der Waals surface area contributed by atoms with Crippen LogP contribution in [0.1, 0.15) is 25.7 Å². The van der Waals surface area contributed by atoms with Crippen molar-refractivity contribution in [3.8, 4) is 6.07 Å². The lowest BCUT2D eigenvalue weighted by Gasteiger charge is -2.28. The molecule has 0 aromatic heterocycles. The molecule has 0 saturated heterocycles. The van der Waals surface area contributed by atoms with Crippen LogP contribution in [0.2, 0.25) is 0 Å². The molecule has 2 N–H and O–H groups in total. The van der Waals surface area contributed by atoms with Gasteiger partial charge in [0.2, 0.25) is 0 Å². The van der Waals surface area contributed by atoms with E-state index in [1.54, 1.807) is 6.07 Å². The number of hydrogen-bond acceptors (Lipinski definition) is 3. The third-order valence-corrected chi connectivity index (χ3v) is 2.32. The first-order valence-electron chi connectivity index (χ1n) is 4.01. The predicted molar refractivity (Wildman–Crippen MR) is 39.6 cm³/mol. The van der Waals surface area contributed by atoms with E-state index in [1.165, 1.54) is 0 Å². The second-order valence-electron chi connectivity index (χ2n) is 3.09. The Balaban J connectivity index is 2.48. The van der Waals surface area contributed by atoms with Crippen molar-refractivity contribution in [2.24, 2.45) is 5.92 Å². The quantitative estimate of drug-likeness (QED) is 0.539. The van der Waals surface area contributed by atoms with Crippen LogP contribution in [0.5, 0.6) is 0 Å². The average molecular weight is 155 g/mol. The number of aliphatic hydroxyl groups is 2. The molecule has 3 atom stereocenters. The zero-order valence-corrected chi connectivity index (χ0v) is 6.40. The predicted octanol–water partition coefficient (Wildman–Crippen LogP) is 0.422. The maximum atomic E-state index is 9.36. The van der Waals surface area contributed by atoms with E-state index in [0.717, 1.165) is 25.7 Å². The Kier molecular flexibility index (Phi) is 2.86. The van der Waals surface area contributed by atoms with Crippen molar-refractivity contribution in [2.75, 3.05) is 0 Å². The largest absolute Gasteiger partial charge is 0.393 e.